The molecule has 6 nitrogen and oxygen atoms in total. The molecule has 1 unspecified atom stereocenters. The van der Waals surface area contributed by atoms with Crippen molar-refractivity contribution >= 4 is 21.6 Å². The molecule has 0 radical (unpaired) electrons. The largest absolute Gasteiger partial charge is 0.398 e. The molecule has 4 N–H and O–H groups in total. The third kappa shape index (κ3) is 3.05. The number of amides is 1. The summed E-state index contributed by atoms with van der Waals surface area (Å²) in [6.45, 7) is 2.27. The van der Waals surface area contributed by atoms with E-state index >= 15 is 0 Å². The van der Waals surface area contributed by atoms with Gasteiger partial charge in [-0.1, -0.05) is 13.0 Å². The van der Waals surface area contributed by atoms with Crippen LogP contribution in [0.2, 0.25) is 0 Å². The molecule has 0 bridgehead atoms. The van der Waals surface area contributed by atoms with Crippen LogP contribution < -0.4 is 15.8 Å². The van der Waals surface area contributed by atoms with Crippen molar-refractivity contribution in [3.63, 3.8) is 0 Å². The first-order chi connectivity index (χ1) is 8.92. The summed E-state index contributed by atoms with van der Waals surface area (Å²) < 4.78 is 26.8. The number of rotatable bonds is 4. The van der Waals surface area contributed by atoms with Gasteiger partial charge < -0.3 is 11.1 Å². The molecule has 19 heavy (non-hydrogen) atoms. The molecule has 1 aliphatic heterocycles. The quantitative estimate of drug-likeness (QED) is 0.677. The molecular weight excluding hydrogens is 266 g/mol. The summed E-state index contributed by atoms with van der Waals surface area (Å²) in [6.07, 6.45) is 0.919. The van der Waals surface area contributed by atoms with E-state index in [4.69, 9.17) is 5.73 Å². The number of carbonyl (C=O) groups is 1. The number of sulfonamides is 1. The number of nitrogen functional groups attached to an aromatic ring is 1. The lowest BCUT2D eigenvalue weighted by molar-refractivity contribution is -0.119. The molecule has 7 heteroatoms. The summed E-state index contributed by atoms with van der Waals surface area (Å²) in [7, 11) is -3.64. The van der Waals surface area contributed by atoms with E-state index in [-0.39, 0.29) is 17.2 Å². The van der Waals surface area contributed by atoms with Gasteiger partial charge in [-0.15, -0.1) is 0 Å². The summed E-state index contributed by atoms with van der Waals surface area (Å²) in [4.78, 5) is 11.2. The third-order valence-corrected chi connectivity index (χ3v) is 4.63. The van der Waals surface area contributed by atoms with Gasteiger partial charge in [0.2, 0.25) is 15.9 Å². The molecule has 1 heterocycles. The Morgan fingerprint density at radius 2 is 2.21 bits per heavy atom. The summed E-state index contributed by atoms with van der Waals surface area (Å²) >= 11 is 0. The third-order valence-electron chi connectivity index (χ3n) is 3.11. The van der Waals surface area contributed by atoms with Crippen LogP contribution in [-0.4, -0.2) is 26.9 Å². The van der Waals surface area contributed by atoms with Gasteiger partial charge >= 0.3 is 0 Å². The van der Waals surface area contributed by atoms with Crippen LogP contribution in [0.15, 0.2) is 23.1 Å². The predicted octanol–water partition coefficient (Wildman–Crippen LogP) is -0.00200. The van der Waals surface area contributed by atoms with Crippen LogP contribution in [0.3, 0.4) is 0 Å². The summed E-state index contributed by atoms with van der Waals surface area (Å²) in [6, 6.07) is 4.29. The van der Waals surface area contributed by atoms with E-state index < -0.39 is 16.1 Å². The van der Waals surface area contributed by atoms with Gasteiger partial charge in [0.25, 0.3) is 0 Å². The van der Waals surface area contributed by atoms with E-state index in [9.17, 15) is 13.2 Å². The van der Waals surface area contributed by atoms with Crippen molar-refractivity contribution in [1.82, 2.24) is 10.0 Å². The van der Waals surface area contributed by atoms with Gasteiger partial charge in [0.15, 0.2) is 0 Å². The van der Waals surface area contributed by atoms with Crippen LogP contribution in [0, 0.1) is 0 Å². The molecule has 0 saturated carbocycles. The second kappa shape index (κ2) is 5.18. The van der Waals surface area contributed by atoms with E-state index in [1.807, 2.05) is 6.92 Å². The van der Waals surface area contributed by atoms with Gasteiger partial charge in [-0.25, -0.2) is 13.1 Å². The van der Waals surface area contributed by atoms with Crippen LogP contribution in [0.4, 0.5) is 5.69 Å². The molecule has 1 saturated heterocycles. The Balaban J connectivity index is 2.19. The van der Waals surface area contributed by atoms with Gasteiger partial charge in [-0.3, -0.25) is 4.79 Å². The Bertz CT molecular complexity index is 598. The standard InChI is InChI=1S/C12H17N3O3S/c1-2-8-3-4-10(6-11(8)13)19(17,18)15-9-5-12(16)14-7-9/h3-4,6,9,15H,2,5,7,13H2,1H3,(H,14,16). The van der Waals surface area contributed by atoms with Crippen molar-refractivity contribution in [2.75, 3.05) is 12.3 Å². The fourth-order valence-corrected chi connectivity index (χ4v) is 3.31. The maximum absolute atomic E-state index is 12.1. The molecule has 1 aromatic rings. The second-order valence-electron chi connectivity index (χ2n) is 4.54. The van der Waals surface area contributed by atoms with Gasteiger partial charge in [-0.05, 0) is 24.1 Å². The topological polar surface area (TPSA) is 101 Å². The van der Waals surface area contributed by atoms with Gasteiger partial charge in [0, 0.05) is 24.7 Å². The lowest BCUT2D eigenvalue weighted by Crippen LogP contribution is -2.36. The zero-order chi connectivity index (χ0) is 14.0. The van der Waals surface area contributed by atoms with Crippen LogP contribution in [0.5, 0.6) is 0 Å². The molecule has 0 aliphatic carbocycles. The molecule has 0 aromatic heterocycles. The predicted molar refractivity (Wildman–Crippen MR) is 72.0 cm³/mol. The number of anilines is 1. The smallest absolute Gasteiger partial charge is 0.240 e. The molecular formula is C12H17N3O3S. The van der Waals surface area contributed by atoms with Crippen LogP contribution in [0.1, 0.15) is 18.9 Å². The van der Waals surface area contributed by atoms with Crippen LogP contribution in [0.25, 0.3) is 0 Å². The molecule has 1 atom stereocenters. The molecule has 1 aromatic carbocycles. The van der Waals surface area contributed by atoms with E-state index in [1.54, 1.807) is 6.07 Å². The van der Waals surface area contributed by atoms with E-state index in [0.717, 1.165) is 12.0 Å². The van der Waals surface area contributed by atoms with Crippen molar-refractivity contribution in [2.24, 2.45) is 0 Å². The van der Waals surface area contributed by atoms with Crippen molar-refractivity contribution in [3.05, 3.63) is 23.8 Å². The van der Waals surface area contributed by atoms with Crippen molar-refractivity contribution in [3.8, 4) is 0 Å². The highest BCUT2D eigenvalue weighted by atomic mass is 32.2. The Kier molecular flexibility index (Phi) is 3.77. The zero-order valence-electron chi connectivity index (χ0n) is 10.6. The fourth-order valence-electron chi connectivity index (χ4n) is 2.04. The van der Waals surface area contributed by atoms with Crippen molar-refractivity contribution in [2.45, 2.75) is 30.7 Å². The SMILES string of the molecule is CCc1ccc(S(=O)(=O)NC2CNC(=O)C2)cc1N. The average Bonchev–Trinajstić information content (AvgIpc) is 2.73. The van der Waals surface area contributed by atoms with Gasteiger partial charge in [-0.2, -0.15) is 0 Å². The lowest BCUT2D eigenvalue weighted by atomic mass is 10.1. The van der Waals surface area contributed by atoms with E-state index in [0.29, 0.717) is 12.2 Å². The monoisotopic (exact) mass is 283 g/mol. The molecule has 1 amide bonds. The lowest BCUT2D eigenvalue weighted by Gasteiger charge is -2.12. The Morgan fingerprint density at radius 3 is 2.74 bits per heavy atom. The highest BCUT2D eigenvalue weighted by Gasteiger charge is 2.27. The number of hydrogen-bond acceptors (Lipinski definition) is 4. The Labute approximate surface area is 112 Å². The zero-order valence-corrected chi connectivity index (χ0v) is 11.5. The number of hydrogen-bond donors (Lipinski definition) is 3. The van der Waals surface area contributed by atoms with E-state index in [1.165, 1.54) is 12.1 Å². The number of nitrogens with one attached hydrogen (secondary N) is 2. The maximum Gasteiger partial charge on any atom is 0.240 e. The Hall–Kier alpha value is -1.60. The number of nitrogens with two attached hydrogens (primary N) is 1. The first-order valence-corrected chi connectivity index (χ1v) is 7.58. The average molecular weight is 283 g/mol. The summed E-state index contributed by atoms with van der Waals surface area (Å²) in [5.74, 6) is -0.145. The molecule has 1 fully saturated rings. The molecule has 0 spiro atoms. The first kappa shape index (κ1) is 13.8. The summed E-state index contributed by atoms with van der Waals surface area (Å²) in [5.41, 5.74) is 7.18. The second-order valence-corrected chi connectivity index (χ2v) is 6.25. The normalized spacial score (nSPS) is 19.4. The molecule has 104 valence electrons. The molecule has 1 aliphatic rings. The van der Waals surface area contributed by atoms with Crippen molar-refractivity contribution < 1.29 is 13.2 Å². The number of benzene rings is 1. The highest BCUT2D eigenvalue weighted by molar-refractivity contribution is 7.89. The minimum absolute atomic E-state index is 0.126. The minimum atomic E-state index is -3.64. The number of aryl methyl sites for hydroxylation is 1. The van der Waals surface area contributed by atoms with Crippen molar-refractivity contribution in [1.29, 1.82) is 0 Å². The summed E-state index contributed by atoms with van der Waals surface area (Å²) in [5, 5.41) is 2.58. The highest BCUT2D eigenvalue weighted by Crippen LogP contribution is 2.19. The van der Waals surface area contributed by atoms with Crippen LogP contribution in [-0.2, 0) is 21.2 Å². The Morgan fingerprint density at radius 1 is 1.47 bits per heavy atom. The number of carbonyl (C=O) groups excluding carboxylic acids is 1. The van der Waals surface area contributed by atoms with Gasteiger partial charge in [0.1, 0.15) is 0 Å². The maximum atomic E-state index is 12.1. The fraction of sp³-hybridized carbons (Fsp3) is 0.417. The first-order valence-electron chi connectivity index (χ1n) is 6.10. The minimum Gasteiger partial charge on any atom is -0.398 e. The van der Waals surface area contributed by atoms with Crippen LogP contribution >= 0.6 is 0 Å². The molecule has 2 rings (SSSR count). The van der Waals surface area contributed by atoms with Gasteiger partial charge in [0.05, 0.1) is 4.90 Å². The van der Waals surface area contributed by atoms with E-state index in [2.05, 4.69) is 10.0 Å².